The summed E-state index contributed by atoms with van der Waals surface area (Å²) in [5, 5.41) is 13.0. The topological polar surface area (TPSA) is 65.1 Å². The fourth-order valence-electron chi connectivity index (χ4n) is 2.26. The number of H-pyrrole nitrogens is 1. The van der Waals surface area contributed by atoms with Crippen LogP contribution in [0.5, 0.6) is 0 Å². The third-order valence-corrected chi connectivity index (χ3v) is 3.41. The molecule has 1 heterocycles. The van der Waals surface area contributed by atoms with Gasteiger partial charge >= 0.3 is 0 Å². The van der Waals surface area contributed by atoms with E-state index in [1.807, 2.05) is 30.3 Å². The van der Waals surface area contributed by atoms with Crippen molar-refractivity contribution in [3.8, 4) is 0 Å². The molecule has 0 aliphatic heterocycles. The van der Waals surface area contributed by atoms with Gasteiger partial charge in [0, 0.05) is 24.2 Å². The Morgan fingerprint density at radius 3 is 2.75 bits per heavy atom. The fraction of sp³-hybridized carbons (Fsp3) is 0.438. The number of unbranched alkanes of at least 4 members (excludes halogenated alkanes) is 3. The molecule has 2 aromatic rings. The lowest BCUT2D eigenvalue weighted by atomic mass is 10.1. The normalized spacial score (nSPS) is 11.1. The van der Waals surface area contributed by atoms with Crippen molar-refractivity contribution in [2.45, 2.75) is 32.2 Å². The third kappa shape index (κ3) is 4.18. The molecule has 2 rings (SSSR count). The van der Waals surface area contributed by atoms with Crippen LogP contribution >= 0.6 is 0 Å². The molecule has 1 aromatic carbocycles. The van der Waals surface area contributed by atoms with E-state index in [-0.39, 0.29) is 12.2 Å². The van der Waals surface area contributed by atoms with E-state index in [1.54, 1.807) is 0 Å². The molecule has 3 N–H and O–H groups in total. The molecule has 0 unspecified atom stereocenters. The molecule has 0 aliphatic carbocycles. The Balaban J connectivity index is 1.84. The Labute approximate surface area is 118 Å². The molecule has 0 fully saturated rings. The number of pyridine rings is 1. The van der Waals surface area contributed by atoms with Gasteiger partial charge in [-0.25, -0.2) is 0 Å². The molecule has 1 aromatic heterocycles. The highest BCUT2D eigenvalue weighted by Crippen LogP contribution is 2.09. The lowest BCUT2D eigenvalue weighted by Crippen LogP contribution is -2.21. The number of aromatic nitrogens is 1. The lowest BCUT2D eigenvalue weighted by molar-refractivity contribution is 0.282. The second-order valence-electron chi connectivity index (χ2n) is 5.03. The van der Waals surface area contributed by atoms with E-state index >= 15 is 0 Å². The molecule has 0 amide bonds. The SMILES string of the molecule is O=c1[nH]c2ccccc2cc1CNCCCCCCO. The third-order valence-electron chi connectivity index (χ3n) is 3.41. The highest BCUT2D eigenvalue weighted by molar-refractivity contribution is 5.78. The molecule has 20 heavy (non-hydrogen) atoms. The van der Waals surface area contributed by atoms with Gasteiger partial charge in [0.05, 0.1) is 0 Å². The first kappa shape index (κ1) is 14.8. The summed E-state index contributed by atoms with van der Waals surface area (Å²) in [6.45, 7) is 1.78. The molecule has 0 saturated carbocycles. The predicted molar refractivity (Wildman–Crippen MR) is 81.8 cm³/mol. The zero-order chi connectivity index (χ0) is 14.2. The average Bonchev–Trinajstić information content (AvgIpc) is 2.46. The lowest BCUT2D eigenvalue weighted by Gasteiger charge is -2.05. The van der Waals surface area contributed by atoms with E-state index in [0.717, 1.165) is 48.7 Å². The molecule has 0 saturated heterocycles. The van der Waals surface area contributed by atoms with Crippen LogP contribution in [0, 0.1) is 0 Å². The van der Waals surface area contributed by atoms with Gasteiger partial charge < -0.3 is 15.4 Å². The van der Waals surface area contributed by atoms with Gasteiger partial charge in [-0.2, -0.15) is 0 Å². The van der Waals surface area contributed by atoms with Crippen molar-refractivity contribution in [3.63, 3.8) is 0 Å². The highest BCUT2D eigenvalue weighted by atomic mass is 16.2. The maximum absolute atomic E-state index is 11.9. The minimum absolute atomic E-state index is 0.0171. The van der Waals surface area contributed by atoms with Crippen LogP contribution in [-0.4, -0.2) is 23.2 Å². The maximum Gasteiger partial charge on any atom is 0.252 e. The van der Waals surface area contributed by atoms with Crippen LogP contribution in [0.1, 0.15) is 31.2 Å². The van der Waals surface area contributed by atoms with Crippen LogP contribution in [0.2, 0.25) is 0 Å². The van der Waals surface area contributed by atoms with Crippen LogP contribution in [0.15, 0.2) is 35.1 Å². The Hall–Kier alpha value is -1.65. The number of hydrogen-bond acceptors (Lipinski definition) is 3. The molecule has 4 heteroatoms. The van der Waals surface area contributed by atoms with Crippen LogP contribution in [0.4, 0.5) is 0 Å². The summed E-state index contributed by atoms with van der Waals surface area (Å²) in [6, 6.07) is 9.76. The number of nitrogens with one attached hydrogen (secondary N) is 2. The van der Waals surface area contributed by atoms with E-state index in [1.165, 1.54) is 0 Å². The Kier molecular flexibility index (Phi) is 5.77. The summed E-state index contributed by atoms with van der Waals surface area (Å²) >= 11 is 0. The number of aliphatic hydroxyl groups excluding tert-OH is 1. The fourth-order valence-corrected chi connectivity index (χ4v) is 2.26. The Morgan fingerprint density at radius 2 is 1.90 bits per heavy atom. The van der Waals surface area contributed by atoms with Crippen LogP contribution in [0.3, 0.4) is 0 Å². The number of para-hydroxylation sites is 1. The molecule has 0 bridgehead atoms. The van der Waals surface area contributed by atoms with Gasteiger partial charge in [-0.3, -0.25) is 4.79 Å². The van der Waals surface area contributed by atoms with Crippen molar-refractivity contribution in [1.29, 1.82) is 0 Å². The van der Waals surface area contributed by atoms with Crippen molar-refractivity contribution in [2.24, 2.45) is 0 Å². The van der Waals surface area contributed by atoms with Crippen molar-refractivity contribution >= 4 is 10.9 Å². The smallest absolute Gasteiger partial charge is 0.252 e. The summed E-state index contributed by atoms with van der Waals surface area (Å²) in [5.41, 5.74) is 1.64. The van der Waals surface area contributed by atoms with Gasteiger partial charge in [0.25, 0.3) is 5.56 Å². The Morgan fingerprint density at radius 1 is 1.10 bits per heavy atom. The molecule has 0 radical (unpaired) electrons. The van der Waals surface area contributed by atoms with E-state index in [2.05, 4.69) is 10.3 Å². The zero-order valence-electron chi connectivity index (χ0n) is 11.7. The summed E-state index contributed by atoms with van der Waals surface area (Å²) in [6.07, 6.45) is 4.13. The average molecular weight is 274 g/mol. The van der Waals surface area contributed by atoms with Gasteiger partial charge in [-0.15, -0.1) is 0 Å². The first-order valence-electron chi connectivity index (χ1n) is 7.24. The van der Waals surface area contributed by atoms with Crippen molar-refractivity contribution < 1.29 is 5.11 Å². The summed E-state index contributed by atoms with van der Waals surface area (Å²) in [7, 11) is 0. The summed E-state index contributed by atoms with van der Waals surface area (Å²) in [5.74, 6) is 0. The molecule has 0 spiro atoms. The predicted octanol–water partition coefficient (Wildman–Crippen LogP) is 2.17. The van der Waals surface area contributed by atoms with Gasteiger partial charge in [-0.1, -0.05) is 31.0 Å². The van der Waals surface area contributed by atoms with Gasteiger partial charge in [0.1, 0.15) is 0 Å². The standard InChI is InChI=1S/C16H22N2O2/c19-10-6-2-1-5-9-17-12-14-11-13-7-3-4-8-15(13)18-16(14)20/h3-4,7-8,11,17,19H,1-2,5-6,9-10,12H2,(H,18,20). The molecule has 4 nitrogen and oxygen atoms in total. The van der Waals surface area contributed by atoms with Crippen molar-refractivity contribution in [1.82, 2.24) is 10.3 Å². The molecular weight excluding hydrogens is 252 g/mol. The first-order valence-corrected chi connectivity index (χ1v) is 7.24. The van der Waals surface area contributed by atoms with E-state index in [0.29, 0.717) is 6.54 Å². The number of aromatic amines is 1. The number of fused-ring (bicyclic) bond motifs is 1. The summed E-state index contributed by atoms with van der Waals surface area (Å²) in [4.78, 5) is 14.8. The van der Waals surface area contributed by atoms with E-state index < -0.39 is 0 Å². The van der Waals surface area contributed by atoms with E-state index in [9.17, 15) is 4.79 Å². The quantitative estimate of drug-likeness (QED) is 0.646. The first-order chi connectivity index (χ1) is 9.81. The highest BCUT2D eigenvalue weighted by Gasteiger charge is 2.01. The van der Waals surface area contributed by atoms with Crippen LogP contribution < -0.4 is 10.9 Å². The van der Waals surface area contributed by atoms with Gasteiger partial charge in [-0.05, 0) is 36.9 Å². The molecule has 0 atom stereocenters. The Bertz CT molecular complexity index is 592. The van der Waals surface area contributed by atoms with E-state index in [4.69, 9.17) is 5.11 Å². The maximum atomic E-state index is 11.9. The molecule has 108 valence electrons. The number of hydrogen-bond donors (Lipinski definition) is 3. The van der Waals surface area contributed by atoms with Gasteiger partial charge in [0.15, 0.2) is 0 Å². The second kappa shape index (κ2) is 7.82. The minimum Gasteiger partial charge on any atom is -0.396 e. The van der Waals surface area contributed by atoms with Crippen LogP contribution in [0.25, 0.3) is 10.9 Å². The molecule has 0 aliphatic rings. The second-order valence-corrected chi connectivity index (χ2v) is 5.03. The van der Waals surface area contributed by atoms with Crippen molar-refractivity contribution in [3.05, 3.63) is 46.2 Å². The van der Waals surface area contributed by atoms with Crippen LogP contribution in [-0.2, 0) is 6.54 Å². The largest absolute Gasteiger partial charge is 0.396 e. The zero-order valence-corrected chi connectivity index (χ0v) is 11.7. The monoisotopic (exact) mass is 274 g/mol. The number of benzene rings is 1. The number of aliphatic hydroxyl groups is 1. The number of rotatable bonds is 8. The molecular formula is C16H22N2O2. The van der Waals surface area contributed by atoms with Gasteiger partial charge in [0.2, 0.25) is 0 Å². The minimum atomic E-state index is -0.0171. The summed E-state index contributed by atoms with van der Waals surface area (Å²) < 4.78 is 0. The van der Waals surface area contributed by atoms with Crippen molar-refractivity contribution in [2.75, 3.05) is 13.2 Å².